The fourth-order valence-electron chi connectivity index (χ4n) is 2.12. The van der Waals surface area contributed by atoms with Gasteiger partial charge in [-0.3, -0.25) is 0 Å². The van der Waals surface area contributed by atoms with E-state index in [1.54, 1.807) is 0 Å². The SMILES string of the molecule is CCCCCCC(C)(CBr)C1CC1. The van der Waals surface area contributed by atoms with Crippen LogP contribution in [-0.4, -0.2) is 5.33 Å². The molecule has 1 unspecified atom stereocenters. The maximum atomic E-state index is 3.68. The molecule has 1 heteroatoms. The van der Waals surface area contributed by atoms with Crippen LogP contribution in [-0.2, 0) is 0 Å². The Morgan fingerprint density at radius 3 is 2.38 bits per heavy atom. The van der Waals surface area contributed by atoms with Gasteiger partial charge in [0.15, 0.2) is 0 Å². The van der Waals surface area contributed by atoms with E-state index in [9.17, 15) is 0 Å². The largest absolute Gasteiger partial charge is 0.0922 e. The van der Waals surface area contributed by atoms with Crippen LogP contribution in [0.25, 0.3) is 0 Å². The van der Waals surface area contributed by atoms with Gasteiger partial charge in [0, 0.05) is 5.33 Å². The van der Waals surface area contributed by atoms with Crippen LogP contribution in [0.3, 0.4) is 0 Å². The maximum Gasteiger partial charge on any atom is 0.00879 e. The van der Waals surface area contributed by atoms with E-state index in [0.717, 1.165) is 5.92 Å². The molecular formula is C12H23Br. The Kier molecular flexibility index (Phi) is 4.78. The van der Waals surface area contributed by atoms with Crippen molar-refractivity contribution >= 4 is 15.9 Å². The average Bonchev–Trinajstić information content (AvgIpc) is 2.95. The highest BCUT2D eigenvalue weighted by Gasteiger charge is 2.39. The Labute approximate surface area is 91.6 Å². The molecule has 1 aliphatic carbocycles. The predicted molar refractivity (Wildman–Crippen MR) is 63.4 cm³/mol. The molecular weight excluding hydrogens is 224 g/mol. The molecule has 0 aromatic carbocycles. The Morgan fingerprint density at radius 2 is 1.92 bits per heavy atom. The molecule has 0 aromatic rings. The van der Waals surface area contributed by atoms with Crippen molar-refractivity contribution in [3.8, 4) is 0 Å². The van der Waals surface area contributed by atoms with Crippen molar-refractivity contribution in [2.75, 3.05) is 5.33 Å². The molecule has 0 heterocycles. The predicted octanol–water partition coefficient (Wildman–Crippen LogP) is 4.77. The number of alkyl halides is 1. The highest BCUT2D eigenvalue weighted by molar-refractivity contribution is 9.09. The highest BCUT2D eigenvalue weighted by atomic mass is 79.9. The summed E-state index contributed by atoms with van der Waals surface area (Å²) in [6, 6.07) is 0. The summed E-state index contributed by atoms with van der Waals surface area (Å²) in [6.45, 7) is 4.75. The Balaban J connectivity index is 2.15. The number of rotatable bonds is 7. The van der Waals surface area contributed by atoms with Crippen molar-refractivity contribution in [2.24, 2.45) is 11.3 Å². The summed E-state index contributed by atoms with van der Waals surface area (Å²) >= 11 is 3.68. The summed E-state index contributed by atoms with van der Waals surface area (Å²) in [5.74, 6) is 1.04. The van der Waals surface area contributed by atoms with Crippen molar-refractivity contribution < 1.29 is 0 Å². The zero-order valence-corrected chi connectivity index (χ0v) is 10.7. The Morgan fingerprint density at radius 1 is 1.23 bits per heavy atom. The summed E-state index contributed by atoms with van der Waals surface area (Å²) in [4.78, 5) is 0. The third-order valence-electron chi connectivity index (χ3n) is 3.47. The molecule has 1 saturated carbocycles. The molecule has 0 saturated heterocycles. The van der Waals surface area contributed by atoms with Crippen molar-refractivity contribution in [3.05, 3.63) is 0 Å². The van der Waals surface area contributed by atoms with Crippen molar-refractivity contribution in [1.82, 2.24) is 0 Å². The molecule has 1 fully saturated rings. The van der Waals surface area contributed by atoms with Crippen LogP contribution in [0.2, 0.25) is 0 Å². The number of hydrogen-bond acceptors (Lipinski definition) is 0. The quantitative estimate of drug-likeness (QED) is 0.449. The lowest BCUT2D eigenvalue weighted by molar-refractivity contribution is 0.282. The van der Waals surface area contributed by atoms with Crippen LogP contribution < -0.4 is 0 Å². The monoisotopic (exact) mass is 246 g/mol. The van der Waals surface area contributed by atoms with E-state index in [2.05, 4.69) is 29.8 Å². The van der Waals surface area contributed by atoms with Crippen LogP contribution in [0.15, 0.2) is 0 Å². The highest BCUT2D eigenvalue weighted by Crippen LogP contribution is 2.49. The number of hydrogen-bond donors (Lipinski definition) is 0. The van der Waals surface area contributed by atoms with Gasteiger partial charge in [0.25, 0.3) is 0 Å². The van der Waals surface area contributed by atoms with Gasteiger partial charge in [0.05, 0.1) is 0 Å². The first-order valence-corrected chi connectivity index (χ1v) is 6.91. The van der Waals surface area contributed by atoms with E-state index >= 15 is 0 Å². The minimum Gasteiger partial charge on any atom is -0.0922 e. The molecule has 1 rings (SSSR count). The molecule has 1 atom stereocenters. The lowest BCUT2D eigenvalue weighted by Crippen LogP contribution is -2.20. The summed E-state index contributed by atoms with van der Waals surface area (Å²) in [7, 11) is 0. The van der Waals surface area contributed by atoms with E-state index < -0.39 is 0 Å². The summed E-state index contributed by atoms with van der Waals surface area (Å²) in [5, 5.41) is 1.21. The lowest BCUT2D eigenvalue weighted by atomic mass is 9.82. The Bertz CT molecular complexity index is 140. The topological polar surface area (TPSA) is 0 Å². The zero-order chi connectivity index (χ0) is 9.73. The molecule has 78 valence electrons. The van der Waals surface area contributed by atoms with Crippen LogP contribution in [0, 0.1) is 11.3 Å². The van der Waals surface area contributed by atoms with Gasteiger partial charge in [-0.1, -0.05) is 55.5 Å². The smallest absolute Gasteiger partial charge is 0.00879 e. The summed E-state index contributed by atoms with van der Waals surface area (Å²) in [6.07, 6.45) is 10.0. The van der Waals surface area contributed by atoms with Crippen molar-refractivity contribution in [1.29, 1.82) is 0 Å². The third-order valence-corrected chi connectivity index (χ3v) is 4.75. The number of halogens is 1. The summed E-state index contributed by atoms with van der Waals surface area (Å²) in [5.41, 5.74) is 0.619. The fourth-order valence-corrected chi connectivity index (χ4v) is 2.85. The molecule has 0 N–H and O–H groups in total. The normalized spacial score (nSPS) is 21.5. The second-order valence-electron chi connectivity index (χ2n) is 4.87. The molecule has 0 aliphatic heterocycles. The molecule has 0 spiro atoms. The van der Waals surface area contributed by atoms with Gasteiger partial charge in [-0.15, -0.1) is 0 Å². The zero-order valence-electron chi connectivity index (χ0n) is 9.11. The molecule has 0 nitrogen and oxygen atoms in total. The van der Waals surface area contributed by atoms with Gasteiger partial charge in [0.2, 0.25) is 0 Å². The molecule has 0 radical (unpaired) electrons. The minimum absolute atomic E-state index is 0.619. The van der Waals surface area contributed by atoms with E-state index in [1.165, 1.54) is 50.3 Å². The van der Waals surface area contributed by atoms with Gasteiger partial charge in [-0.2, -0.15) is 0 Å². The van der Waals surface area contributed by atoms with Crippen molar-refractivity contribution in [3.63, 3.8) is 0 Å². The van der Waals surface area contributed by atoms with Crippen molar-refractivity contribution in [2.45, 2.75) is 58.8 Å². The van der Waals surface area contributed by atoms with Crippen LogP contribution in [0.4, 0.5) is 0 Å². The molecule has 0 bridgehead atoms. The van der Waals surface area contributed by atoms with Gasteiger partial charge in [-0.05, 0) is 30.6 Å². The van der Waals surface area contributed by atoms with Gasteiger partial charge >= 0.3 is 0 Å². The van der Waals surface area contributed by atoms with E-state index in [1.807, 2.05) is 0 Å². The minimum atomic E-state index is 0.619. The molecule has 13 heavy (non-hydrogen) atoms. The van der Waals surface area contributed by atoms with E-state index in [-0.39, 0.29) is 0 Å². The van der Waals surface area contributed by atoms with Crippen LogP contribution in [0.5, 0.6) is 0 Å². The summed E-state index contributed by atoms with van der Waals surface area (Å²) < 4.78 is 0. The van der Waals surface area contributed by atoms with E-state index in [4.69, 9.17) is 0 Å². The average molecular weight is 247 g/mol. The lowest BCUT2D eigenvalue weighted by Gasteiger charge is -2.27. The fraction of sp³-hybridized carbons (Fsp3) is 1.00. The number of unbranched alkanes of at least 4 members (excludes halogenated alkanes) is 3. The van der Waals surface area contributed by atoms with Gasteiger partial charge < -0.3 is 0 Å². The first-order valence-electron chi connectivity index (χ1n) is 5.79. The first-order chi connectivity index (χ1) is 6.23. The standard InChI is InChI=1S/C12H23Br/c1-3-4-5-6-9-12(2,10-13)11-7-8-11/h11H,3-10H2,1-2H3. The molecule has 0 aromatic heterocycles. The molecule has 1 aliphatic rings. The van der Waals surface area contributed by atoms with Gasteiger partial charge in [-0.25, -0.2) is 0 Å². The van der Waals surface area contributed by atoms with Crippen LogP contribution in [0.1, 0.15) is 58.8 Å². The Hall–Kier alpha value is 0.480. The van der Waals surface area contributed by atoms with Crippen LogP contribution >= 0.6 is 15.9 Å². The second-order valence-corrected chi connectivity index (χ2v) is 5.43. The first kappa shape index (κ1) is 11.6. The molecule has 0 amide bonds. The second kappa shape index (κ2) is 5.38. The maximum absolute atomic E-state index is 3.68. The van der Waals surface area contributed by atoms with E-state index in [0.29, 0.717) is 5.41 Å². The van der Waals surface area contributed by atoms with Gasteiger partial charge in [0.1, 0.15) is 0 Å². The third kappa shape index (κ3) is 3.61.